The maximum Gasteiger partial charge on any atom is 0.253 e. The zero-order valence-corrected chi connectivity index (χ0v) is 17.6. The van der Waals surface area contributed by atoms with Gasteiger partial charge >= 0.3 is 0 Å². The molecule has 2 aromatic carbocycles. The monoisotopic (exact) mass is 425 g/mol. The number of nitrogens with zero attached hydrogens (tertiary/aromatic N) is 1. The van der Waals surface area contributed by atoms with Crippen molar-refractivity contribution < 1.29 is 9.13 Å². The average molecular weight is 426 g/mol. The molecule has 30 heavy (non-hydrogen) atoms. The van der Waals surface area contributed by atoms with Gasteiger partial charge in [-0.15, -0.1) is 0 Å². The standard InChI is InChI=1S/C23H24FN3O2S/c1-15-4-9-21-16(11-15)12-17(22(28)26-21)13-27(14-20-3-2-10-29-20)23(30)25-19-7-5-18(24)6-8-19/h4-9,11-12,20H,2-3,10,13-14H2,1H3,(H,25,30)(H,26,28)/t20-/m0/s1. The number of hydrogen-bond donors (Lipinski definition) is 2. The summed E-state index contributed by atoms with van der Waals surface area (Å²) >= 11 is 5.64. The largest absolute Gasteiger partial charge is 0.376 e. The van der Waals surface area contributed by atoms with Gasteiger partial charge in [-0.05, 0) is 79.8 Å². The van der Waals surface area contributed by atoms with Gasteiger partial charge in [-0.2, -0.15) is 0 Å². The molecular formula is C23H24FN3O2S. The van der Waals surface area contributed by atoms with Gasteiger partial charge in [0.25, 0.3) is 5.56 Å². The Bertz CT molecular complexity index is 1110. The van der Waals surface area contributed by atoms with E-state index in [1.165, 1.54) is 12.1 Å². The molecule has 1 saturated heterocycles. The van der Waals surface area contributed by atoms with E-state index < -0.39 is 0 Å². The zero-order chi connectivity index (χ0) is 21.1. The number of pyridine rings is 1. The zero-order valence-electron chi connectivity index (χ0n) is 16.8. The average Bonchev–Trinajstić information content (AvgIpc) is 3.23. The van der Waals surface area contributed by atoms with Crippen LogP contribution < -0.4 is 10.9 Å². The summed E-state index contributed by atoms with van der Waals surface area (Å²) in [6, 6.07) is 13.9. The molecule has 1 aliphatic rings. The summed E-state index contributed by atoms with van der Waals surface area (Å²) in [6.07, 6.45) is 2.05. The van der Waals surface area contributed by atoms with Crippen molar-refractivity contribution in [2.75, 3.05) is 18.5 Å². The molecule has 1 fully saturated rings. The highest BCUT2D eigenvalue weighted by Gasteiger charge is 2.22. The molecule has 1 atom stereocenters. The van der Waals surface area contributed by atoms with Gasteiger partial charge in [-0.1, -0.05) is 11.6 Å². The summed E-state index contributed by atoms with van der Waals surface area (Å²) in [5, 5.41) is 4.61. The smallest absolute Gasteiger partial charge is 0.253 e. The molecular weight excluding hydrogens is 401 g/mol. The number of thiocarbonyl (C=S) groups is 1. The summed E-state index contributed by atoms with van der Waals surface area (Å²) in [5.41, 5.74) is 3.14. The predicted octanol–water partition coefficient (Wildman–Crippen LogP) is 4.35. The minimum Gasteiger partial charge on any atom is -0.376 e. The summed E-state index contributed by atoms with van der Waals surface area (Å²) in [4.78, 5) is 17.6. The van der Waals surface area contributed by atoms with Gasteiger partial charge in [0.15, 0.2) is 5.11 Å². The van der Waals surface area contributed by atoms with E-state index in [9.17, 15) is 9.18 Å². The fraction of sp³-hybridized carbons (Fsp3) is 0.304. The molecule has 7 heteroatoms. The van der Waals surface area contributed by atoms with Gasteiger partial charge in [0.2, 0.25) is 0 Å². The van der Waals surface area contributed by atoms with Crippen LogP contribution in [0.5, 0.6) is 0 Å². The number of H-pyrrole nitrogens is 1. The number of aryl methyl sites for hydroxylation is 1. The molecule has 0 saturated carbocycles. The molecule has 156 valence electrons. The summed E-state index contributed by atoms with van der Waals surface area (Å²) < 4.78 is 19.0. The lowest BCUT2D eigenvalue weighted by Crippen LogP contribution is -2.40. The second-order valence-electron chi connectivity index (χ2n) is 7.67. The maximum atomic E-state index is 13.2. The van der Waals surface area contributed by atoms with E-state index in [4.69, 9.17) is 17.0 Å². The molecule has 2 heterocycles. The van der Waals surface area contributed by atoms with Gasteiger partial charge in [0.1, 0.15) is 5.82 Å². The van der Waals surface area contributed by atoms with E-state index in [2.05, 4.69) is 10.3 Å². The highest BCUT2D eigenvalue weighted by Crippen LogP contribution is 2.18. The van der Waals surface area contributed by atoms with Crippen LogP contribution in [0.1, 0.15) is 24.0 Å². The number of hydrogen-bond acceptors (Lipinski definition) is 3. The normalized spacial score (nSPS) is 16.0. The van der Waals surface area contributed by atoms with Gasteiger partial charge in [-0.3, -0.25) is 4.79 Å². The van der Waals surface area contributed by atoms with Crippen molar-refractivity contribution in [1.29, 1.82) is 0 Å². The summed E-state index contributed by atoms with van der Waals surface area (Å²) in [5.74, 6) is -0.305. The van der Waals surface area contributed by atoms with E-state index in [-0.39, 0.29) is 17.5 Å². The van der Waals surface area contributed by atoms with Crippen molar-refractivity contribution in [1.82, 2.24) is 9.88 Å². The fourth-order valence-electron chi connectivity index (χ4n) is 3.68. The van der Waals surface area contributed by atoms with E-state index in [0.29, 0.717) is 29.5 Å². The van der Waals surface area contributed by atoms with Crippen LogP contribution in [0.3, 0.4) is 0 Å². The molecule has 5 nitrogen and oxygen atoms in total. The van der Waals surface area contributed by atoms with Crippen LogP contribution in [0.15, 0.2) is 53.3 Å². The minimum absolute atomic E-state index is 0.0692. The van der Waals surface area contributed by atoms with Crippen LogP contribution in [0.2, 0.25) is 0 Å². The minimum atomic E-state index is -0.305. The van der Waals surface area contributed by atoms with Gasteiger partial charge in [0, 0.05) is 29.9 Å². The maximum absolute atomic E-state index is 13.2. The molecule has 0 radical (unpaired) electrons. The Balaban J connectivity index is 1.59. The van der Waals surface area contributed by atoms with Crippen LogP contribution in [-0.4, -0.2) is 34.3 Å². The molecule has 0 unspecified atom stereocenters. The Hall–Kier alpha value is -2.77. The highest BCUT2D eigenvalue weighted by molar-refractivity contribution is 7.80. The Kier molecular flexibility index (Phi) is 6.11. The van der Waals surface area contributed by atoms with Crippen LogP contribution >= 0.6 is 12.2 Å². The lowest BCUT2D eigenvalue weighted by atomic mass is 10.1. The number of nitrogens with one attached hydrogen (secondary N) is 2. The number of anilines is 1. The first kappa shape index (κ1) is 20.5. The number of aromatic amines is 1. The first-order valence-electron chi connectivity index (χ1n) is 10.0. The molecule has 4 rings (SSSR count). The van der Waals surface area contributed by atoms with Crippen LogP contribution in [0.25, 0.3) is 10.9 Å². The molecule has 1 aliphatic heterocycles. The molecule has 0 aliphatic carbocycles. The second kappa shape index (κ2) is 8.93. The quantitative estimate of drug-likeness (QED) is 0.595. The Morgan fingerprint density at radius 3 is 2.80 bits per heavy atom. The topological polar surface area (TPSA) is 57.4 Å². The van der Waals surface area contributed by atoms with Crippen LogP contribution in [-0.2, 0) is 11.3 Å². The Morgan fingerprint density at radius 2 is 2.07 bits per heavy atom. The van der Waals surface area contributed by atoms with Gasteiger partial charge in [0.05, 0.1) is 12.6 Å². The van der Waals surface area contributed by atoms with Crippen LogP contribution in [0, 0.1) is 12.7 Å². The van der Waals surface area contributed by atoms with Crippen molar-refractivity contribution in [3.8, 4) is 0 Å². The van der Waals surface area contributed by atoms with Crippen molar-refractivity contribution in [3.05, 3.63) is 75.8 Å². The number of benzene rings is 2. The van der Waals surface area contributed by atoms with Crippen LogP contribution in [0.4, 0.5) is 10.1 Å². The van der Waals surface area contributed by atoms with Gasteiger partial charge < -0.3 is 19.9 Å². The molecule has 0 amide bonds. The molecule has 0 bridgehead atoms. The number of fused-ring (bicyclic) bond motifs is 1. The third-order valence-corrected chi connectivity index (χ3v) is 5.63. The fourth-order valence-corrected chi connectivity index (χ4v) is 3.94. The molecule has 1 aromatic heterocycles. The lowest BCUT2D eigenvalue weighted by molar-refractivity contribution is 0.0904. The third kappa shape index (κ3) is 4.86. The van der Waals surface area contributed by atoms with Gasteiger partial charge in [-0.25, -0.2) is 4.39 Å². The van der Waals surface area contributed by atoms with Crippen molar-refractivity contribution in [2.24, 2.45) is 0 Å². The van der Waals surface area contributed by atoms with Crippen molar-refractivity contribution in [3.63, 3.8) is 0 Å². The van der Waals surface area contributed by atoms with E-state index in [1.807, 2.05) is 36.1 Å². The first-order chi connectivity index (χ1) is 14.5. The summed E-state index contributed by atoms with van der Waals surface area (Å²) in [7, 11) is 0. The van der Waals surface area contributed by atoms with Crippen molar-refractivity contribution in [2.45, 2.75) is 32.4 Å². The Morgan fingerprint density at radius 1 is 1.27 bits per heavy atom. The number of rotatable bonds is 5. The van der Waals surface area contributed by atoms with E-state index >= 15 is 0 Å². The molecule has 2 N–H and O–H groups in total. The SMILES string of the molecule is Cc1ccc2[nH]c(=O)c(CN(C[C@@H]3CCCO3)C(=S)Nc3ccc(F)cc3)cc2c1. The predicted molar refractivity (Wildman–Crippen MR) is 121 cm³/mol. The Labute approximate surface area is 179 Å². The third-order valence-electron chi connectivity index (χ3n) is 5.27. The number of ether oxygens (including phenoxy) is 1. The first-order valence-corrected chi connectivity index (χ1v) is 10.4. The number of aromatic nitrogens is 1. The highest BCUT2D eigenvalue weighted by atomic mass is 32.1. The summed E-state index contributed by atoms with van der Waals surface area (Å²) in [6.45, 7) is 3.70. The van der Waals surface area contributed by atoms with Crippen molar-refractivity contribution >= 4 is 33.9 Å². The van der Waals surface area contributed by atoms with E-state index in [1.54, 1.807) is 12.1 Å². The second-order valence-corrected chi connectivity index (χ2v) is 8.05. The lowest BCUT2D eigenvalue weighted by Gasteiger charge is -2.28. The number of halogens is 1. The molecule has 3 aromatic rings. The molecule has 0 spiro atoms. The van der Waals surface area contributed by atoms with E-state index in [0.717, 1.165) is 35.9 Å².